The van der Waals surface area contributed by atoms with Crippen LogP contribution < -0.4 is 15.4 Å². The number of rotatable bonds is 7. The first-order valence-electron chi connectivity index (χ1n) is 10.5. The van der Waals surface area contributed by atoms with Crippen LogP contribution in [0.3, 0.4) is 0 Å². The van der Waals surface area contributed by atoms with Crippen molar-refractivity contribution in [2.45, 2.75) is 51.9 Å². The average molecular weight is 396 g/mol. The molecule has 1 aromatic heterocycles. The number of ether oxygens (including phenoxy) is 1. The number of nitrogens with one attached hydrogen (secondary N) is 2. The zero-order valence-electron chi connectivity index (χ0n) is 17.8. The lowest BCUT2D eigenvalue weighted by atomic mass is 9.97. The number of hydrogen-bond donors (Lipinski definition) is 2. The van der Waals surface area contributed by atoms with Gasteiger partial charge in [-0.05, 0) is 38.3 Å². The average Bonchev–Trinajstić information content (AvgIpc) is 2.75. The first-order valence-corrected chi connectivity index (χ1v) is 10.5. The fraction of sp³-hybridized carbons (Fsp3) is 0.478. The maximum Gasteiger partial charge on any atom is 0.218 e. The van der Waals surface area contributed by atoms with E-state index in [9.17, 15) is 0 Å². The molecule has 2 heterocycles. The molecule has 2 aromatic rings. The van der Waals surface area contributed by atoms with Crippen LogP contribution in [0, 0.1) is 0 Å². The smallest absolute Gasteiger partial charge is 0.218 e. The highest BCUT2D eigenvalue weighted by Gasteiger charge is 2.26. The molecule has 156 valence electrons. The van der Waals surface area contributed by atoms with E-state index >= 15 is 0 Å². The summed E-state index contributed by atoms with van der Waals surface area (Å²) in [5, 5.41) is 7.00. The molecule has 1 aliphatic rings. The van der Waals surface area contributed by atoms with E-state index in [1.54, 1.807) is 13.3 Å². The van der Waals surface area contributed by atoms with Crippen LogP contribution in [-0.2, 0) is 13.1 Å². The largest absolute Gasteiger partial charge is 0.481 e. The summed E-state index contributed by atoms with van der Waals surface area (Å²) in [4.78, 5) is 11.6. The maximum atomic E-state index is 5.34. The Balaban J connectivity index is 1.57. The zero-order chi connectivity index (χ0) is 20.5. The Morgan fingerprint density at radius 3 is 2.79 bits per heavy atom. The molecule has 6 nitrogen and oxygen atoms in total. The van der Waals surface area contributed by atoms with E-state index in [2.05, 4.69) is 64.7 Å². The molecule has 1 fully saturated rings. The Morgan fingerprint density at radius 2 is 2.07 bits per heavy atom. The number of benzene rings is 1. The number of aliphatic imine (C=N–C) groups is 1. The van der Waals surface area contributed by atoms with Gasteiger partial charge in [-0.1, -0.05) is 36.4 Å². The molecular weight excluding hydrogens is 362 g/mol. The lowest BCUT2D eigenvalue weighted by Crippen LogP contribution is -2.51. The quantitative estimate of drug-likeness (QED) is 0.557. The van der Waals surface area contributed by atoms with Gasteiger partial charge in [0.25, 0.3) is 0 Å². The highest BCUT2D eigenvalue weighted by Crippen LogP contribution is 2.20. The molecule has 0 amide bonds. The summed E-state index contributed by atoms with van der Waals surface area (Å²) in [6.45, 7) is 7.88. The molecule has 2 unspecified atom stereocenters. The molecule has 1 saturated heterocycles. The standard InChI is InChI=1S/C23H33N5O/c1-4-24-23(26-16-20-11-8-13-25-22(20)29-3)27-21-12-14-28(18(2)15-21)17-19-9-6-5-7-10-19/h5-11,13,18,21H,4,12,14-17H2,1-3H3,(H2,24,26,27). The van der Waals surface area contributed by atoms with Crippen LogP contribution in [0.2, 0.25) is 0 Å². The van der Waals surface area contributed by atoms with Gasteiger partial charge in [0.1, 0.15) is 0 Å². The number of likely N-dealkylation sites (tertiary alicyclic amines) is 1. The van der Waals surface area contributed by atoms with E-state index in [1.807, 2.05) is 12.1 Å². The van der Waals surface area contributed by atoms with Crippen molar-refractivity contribution in [3.8, 4) is 5.88 Å². The van der Waals surface area contributed by atoms with Gasteiger partial charge in [0.05, 0.1) is 13.7 Å². The van der Waals surface area contributed by atoms with Crippen molar-refractivity contribution < 1.29 is 4.74 Å². The van der Waals surface area contributed by atoms with Crippen LogP contribution in [0.4, 0.5) is 0 Å². The molecule has 2 N–H and O–H groups in total. The van der Waals surface area contributed by atoms with Crippen LogP contribution in [-0.4, -0.2) is 48.1 Å². The van der Waals surface area contributed by atoms with E-state index in [0.717, 1.165) is 44.0 Å². The van der Waals surface area contributed by atoms with Gasteiger partial charge in [-0.25, -0.2) is 9.98 Å². The molecular formula is C23H33N5O. The number of hydrogen-bond acceptors (Lipinski definition) is 4. The Morgan fingerprint density at radius 1 is 1.24 bits per heavy atom. The van der Waals surface area contributed by atoms with E-state index in [4.69, 9.17) is 9.73 Å². The number of pyridine rings is 1. The minimum atomic E-state index is 0.422. The van der Waals surface area contributed by atoms with Gasteiger partial charge in [-0.15, -0.1) is 0 Å². The molecule has 3 rings (SSSR count). The van der Waals surface area contributed by atoms with Crippen molar-refractivity contribution in [1.29, 1.82) is 0 Å². The highest BCUT2D eigenvalue weighted by molar-refractivity contribution is 5.80. The van der Waals surface area contributed by atoms with Crippen molar-refractivity contribution in [2.75, 3.05) is 20.2 Å². The predicted octanol–water partition coefficient (Wildman–Crippen LogP) is 3.20. The van der Waals surface area contributed by atoms with E-state index < -0.39 is 0 Å². The topological polar surface area (TPSA) is 61.8 Å². The summed E-state index contributed by atoms with van der Waals surface area (Å²) in [7, 11) is 1.64. The molecule has 6 heteroatoms. The molecule has 0 saturated carbocycles. The Bertz CT molecular complexity index is 780. The predicted molar refractivity (Wildman–Crippen MR) is 118 cm³/mol. The van der Waals surface area contributed by atoms with E-state index in [-0.39, 0.29) is 0 Å². The van der Waals surface area contributed by atoms with Gasteiger partial charge < -0.3 is 15.4 Å². The lowest BCUT2D eigenvalue weighted by Gasteiger charge is -2.38. The minimum Gasteiger partial charge on any atom is -0.481 e. The van der Waals surface area contributed by atoms with Crippen molar-refractivity contribution in [3.63, 3.8) is 0 Å². The third-order valence-corrected chi connectivity index (χ3v) is 5.38. The number of piperidine rings is 1. The van der Waals surface area contributed by atoms with Crippen molar-refractivity contribution in [2.24, 2.45) is 4.99 Å². The Hall–Kier alpha value is -2.60. The Kier molecular flexibility index (Phi) is 7.87. The summed E-state index contributed by atoms with van der Waals surface area (Å²) in [6, 6.07) is 15.6. The molecule has 0 spiro atoms. The van der Waals surface area contributed by atoms with Crippen molar-refractivity contribution in [3.05, 3.63) is 59.8 Å². The van der Waals surface area contributed by atoms with Gasteiger partial charge in [0.2, 0.25) is 5.88 Å². The summed E-state index contributed by atoms with van der Waals surface area (Å²) in [5.74, 6) is 1.49. The van der Waals surface area contributed by atoms with E-state index in [0.29, 0.717) is 24.5 Å². The normalized spacial score (nSPS) is 20.3. The highest BCUT2D eigenvalue weighted by atomic mass is 16.5. The van der Waals surface area contributed by atoms with Crippen LogP contribution in [0.15, 0.2) is 53.7 Å². The van der Waals surface area contributed by atoms with Gasteiger partial charge in [-0.2, -0.15) is 0 Å². The summed E-state index contributed by atoms with van der Waals surface area (Å²) >= 11 is 0. The number of methoxy groups -OCH3 is 1. The van der Waals surface area contributed by atoms with Gasteiger partial charge in [0.15, 0.2) is 5.96 Å². The molecule has 1 aliphatic heterocycles. The molecule has 0 aliphatic carbocycles. The monoisotopic (exact) mass is 395 g/mol. The fourth-order valence-electron chi connectivity index (χ4n) is 3.81. The second-order valence-electron chi connectivity index (χ2n) is 7.54. The molecule has 29 heavy (non-hydrogen) atoms. The summed E-state index contributed by atoms with van der Waals surface area (Å²) in [5.41, 5.74) is 2.37. The first kappa shape index (κ1) is 21.1. The third kappa shape index (κ3) is 6.19. The third-order valence-electron chi connectivity index (χ3n) is 5.38. The fourth-order valence-corrected chi connectivity index (χ4v) is 3.81. The van der Waals surface area contributed by atoms with Crippen molar-refractivity contribution in [1.82, 2.24) is 20.5 Å². The van der Waals surface area contributed by atoms with Crippen LogP contribution in [0.5, 0.6) is 5.88 Å². The number of guanidine groups is 1. The van der Waals surface area contributed by atoms with Gasteiger partial charge in [0, 0.05) is 43.5 Å². The van der Waals surface area contributed by atoms with E-state index in [1.165, 1.54) is 5.56 Å². The minimum absolute atomic E-state index is 0.422. The summed E-state index contributed by atoms with van der Waals surface area (Å²) < 4.78 is 5.34. The van der Waals surface area contributed by atoms with Crippen LogP contribution in [0.1, 0.15) is 37.8 Å². The second kappa shape index (κ2) is 10.8. The zero-order valence-corrected chi connectivity index (χ0v) is 17.8. The first-order chi connectivity index (χ1) is 14.2. The SMILES string of the molecule is CCNC(=NCc1cccnc1OC)NC1CCN(Cc2ccccc2)C(C)C1. The van der Waals surface area contributed by atoms with Gasteiger partial charge >= 0.3 is 0 Å². The van der Waals surface area contributed by atoms with Crippen LogP contribution in [0.25, 0.3) is 0 Å². The number of aromatic nitrogens is 1. The van der Waals surface area contributed by atoms with Crippen molar-refractivity contribution >= 4 is 5.96 Å². The maximum absolute atomic E-state index is 5.34. The number of nitrogens with zero attached hydrogens (tertiary/aromatic N) is 3. The Labute approximate surface area is 174 Å². The molecule has 0 radical (unpaired) electrons. The lowest BCUT2D eigenvalue weighted by molar-refractivity contribution is 0.134. The molecule has 0 bridgehead atoms. The second-order valence-corrected chi connectivity index (χ2v) is 7.54. The summed E-state index contributed by atoms with van der Waals surface area (Å²) in [6.07, 6.45) is 3.95. The molecule has 1 aromatic carbocycles. The van der Waals surface area contributed by atoms with Gasteiger partial charge in [-0.3, -0.25) is 4.90 Å². The van der Waals surface area contributed by atoms with Crippen LogP contribution >= 0.6 is 0 Å². The molecule has 2 atom stereocenters.